The van der Waals surface area contributed by atoms with Gasteiger partial charge in [-0.1, -0.05) is 30.3 Å². The Balaban J connectivity index is 1.83. The first-order chi connectivity index (χ1) is 9.83. The minimum Gasteiger partial charge on any atom is -0.469 e. The molecule has 0 radical (unpaired) electrons. The summed E-state index contributed by atoms with van der Waals surface area (Å²) in [5.41, 5.74) is 1.13. The molecule has 0 unspecified atom stereocenters. The smallest absolute Gasteiger partial charge is 0.213 e. The monoisotopic (exact) mass is 272 g/mol. The van der Waals surface area contributed by atoms with Crippen molar-refractivity contribution in [3.05, 3.63) is 60.0 Å². The molecule has 0 bridgehead atoms. The molecule has 0 amide bonds. The zero-order valence-corrected chi connectivity index (χ0v) is 11.1. The van der Waals surface area contributed by atoms with Crippen molar-refractivity contribution in [2.24, 2.45) is 5.92 Å². The van der Waals surface area contributed by atoms with Gasteiger partial charge in [0.2, 0.25) is 5.88 Å². The molecule has 1 aliphatic heterocycles. The molecule has 2 heterocycles. The van der Waals surface area contributed by atoms with E-state index in [1.807, 2.05) is 18.2 Å². The van der Waals surface area contributed by atoms with Crippen molar-refractivity contribution in [3.8, 4) is 5.88 Å². The van der Waals surface area contributed by atoms with Crippen molar-refractivity contribution in [1.29, 1.82) is 0 Å². The number of hydrogen-bond acceptors (Lipinski definition) is 3. The molecule has 104 valence electrons. The molecule has 0 aliphatic carbocycles. The second-order valence-corrected chi connectivity index (χ2v) is 5.02. The Bertz CT molecular complexity index is 538. The summed E-state index contributed by atoms with van der Waals surface area (Å²) in [6, 6.07) is 13.1. The van der Waals surface area contributed by atoms with Crippen molar-refractivity contribution >= 4 is 0 Å². The van der Waals surface area contributed by atoms with E-state index in [1.54, 1.807) is 6.07 Å². The molecule has 4 heteroatoms. The second kappa shape index (κ2) is 6.01. The van der Waals surface area contributed by atoms with Crippen LogP contribution in [0.3, 0.4) is 0 Å². The summed E-state index contributed by atoms with van der Waals surface area (Å²) in [4.78, 5) is 4.00. The largest absolute Gasteiger partial charge is 0.469 e. The van der Waals surface area contributed by atoms with Gasteiger partial charge in [0, 0.05) is 18.5 Å². The maximum atomic E-state index is 12.9. The highest BCUT2D eigenvalue weighted by Gasteiger charge is 2.28. The van der Waals surface area contributed by atoms with Crippen LogP contribution >= 0.6 is 0 Å². The van der Waals surface area contributed by atoms with E-state index in [4.69, 9.17) is 4.74 Å². The van der Waals surface area contributed by atoms with E-state index in [0.29, 0.717) is 11.8 Å². The summed E-state index contributed by atoms with van der Waals surface area (Å²) in [6.45, 7) is 1.94. The first-order valence-electron chi connectivity index (χ1n) is 6.87. The van der Waals surface area contributed by atoms with Gasteiger partial charge in [0.05, 0.1) is 6.20 Å². The summed E-state index contributed by atoms with van der Waals surface area (Å²) in [6.07, 6.45) is 2.20. The van der Waals surface area contributed by atoms with Gasteiger partial charge in [0.25, 0.3) is 0 Å². The van der Waals surface area contributed by atoms with Gasteiger partial charge in [-0.3, -0.25) is 0 Å². The first kappa shape index (κ1) is 13.1. The Morgan fingerprint density at radius 2 is 2.05 bits per heavy atom. The predicted molar refractivity (Wildman–Crippen MR) is 75.0 cm³/mol. The van der Waals surface area contributed by atoms with Gasteiger partial charge < -0.3 is 10.1 Å². The third-order valence-corrected chi connectivity index (χ3v) is 3.60. The lowest BCUT2D eigenvalue weighted by atomic mass is 9.95. The fourth-order valence-corrected chi connectivity index (χ4v) is 2.58. The average molecular weight is 272 g/mol. The lowest BCUT2D eigenvalue weighted by Crippen LogP contribution is -2.21. The lowest BCUT2D eigenvalue weighted by molar-refractivity contribution is 0.138. The summed E-state index contributed by atoms with van der Waals surface area (Å²) in [7, 11) is 0. The van der Waals surface area contributed by atoms with Gasteiger partial charge in [-0.2, -0.15) is 0 Å². The van der Waals surface area contributed by atoms with E-state index in [-0.39, 0.29) is 11.9 Å². The molecule has 1 aliphatic rings. The van der Waals surface area contributed by atoms with Crippen molar-refractivity contribution < 1.29 is 9.13 Å². The molecular weight excluding hydrogens is 255 g/mol. The third kappa shape index (κ3) is 2.96. The number of benzene rings is 1. The van der Waals surface area contributed by atoms with Crippen molar-refractivity contribution in [2.45, 2.75) is 12.5 Å². The van der Waals surface area contributed by atoms with Crippen LogP contribution in [-0.4, -0.2) is 18.1 Å². The fourth-order valence-electron chi connectivity index (χ4n) is 2.58. The van der Waals surface area contributed by atoms with Crippen LogP contribution in [0.1, 0.15) is 18.1 Å². The van der Waals surface area contributed by atoms with Gasteiger partial charge in [0.1, 0.15) is 11.9 Å². The number of pyridine rings is 1. The van der Waals surface area contributed by atoms with Crippen molar-refractivity contribution in [3.63, 3.8) is 0 Å². The fraction of sp³-hybridized carbons (Fsp3) is 0.312. The molecule has 1 aromatic carbocycles. The minimum absolute atomic E-state index is 0.0517. The Morgan fingerprint density at radius 3 is 2.70 bits per heavy atom. The maximum absolute atomic E-state index is 12.9. The third-order valence-electron chi connectivity index (χ3n) is 3.60. The number of nitrogens with zero attached hydrogens (tertiary/aromatic N) is 1. The summed E-state index contributed by atoms with van der Waals surface area (Å²) in [5, 5.41) is 3.36. The van der Waals surface area contributed by atoms with E-state index in [0.717, 1.165) is 25.1 Å². The standard InChI is InChI=1S/C16H17FN2O/c17-14-6-7-15(19-11-14)20-16(13-8-9-18-10-13)12-4-2-1-3-5-12/h1-7,11,13,16,18H,8-10H2/t13-,16-/m1/s1. The molecular formula is C16H17FN2O. The molecule has 1 N–H and O–H groups in total. The second-order valence-electron chi connectivity index (χ2n) is 5.02. The van der Waals surface area contributed by atoms with Crippen molar-refractivity contribution in [2.75, 3.05) is 13.1 Å². The molecule has 2 aromatic rings. The van der Waals surface area contributed by atoms with Crippen LogP contribution in [0.15, 0.2) is 48.7 Å². The summed E-state index contributed by atoms with van der Waals surface area (Å²) < 4.78 is 18.9. The highest BCUT2D eigenvalue weighted by atomic mass is 19.1. The van der Waals surface area contributed by atoms with Gasteiger partial charge >= 0.3 is 0 Å². The van der Waals surface area contributed by atoms with Crippen LogP contribution in [-0.2, 0) is 0 Å². The number of aromatic nitrogens is 1. The van der Waals surface area contributed by atoms with Crippen LogP contribution in [0, 0.1) is 11.7 Å². The molecule has 3 rings (SSSR count). The molecule has 1 aromatic heterocycles. The van der Waals surface area contributed by atoms with Gasteiger partial charge in [-0.25, -0.2) is 9.37 Å². The Kier molecular flexibility index (Phi) is 3.92. The zero-order chi connectivity index (χ0) is 13.8. The normalized spacial score (nSPS) is 19.8. The Labute approximate surface area is 117 Å². The number of hydrogen-bond donors (Lipinski definition) is 1. The van der Waals surface area contributed by atoms with E-state index >= 15 is 0 Å². The highest BCUT2D eigenvalue weighted by Crippen LogP contribution is 2.31. The number of ether oxygens (including phenoxy) is 1. The number of rotatable bonds is 4. The molecule has 2 atom stereocenters. The highest BCUT2D eigenvalue weighted by molar-refractivity contribution is 5.21. The molecule has 0 saturated carbocycles. The summed E-state index contributed by atoms with van der Waals surface area (Å²) >= 11 is 0. The Hall–Kier alpha value is -1.94. The number of halogens is 1. The molecule has 3 nitrogen and oxygen atoms in total. The maximum Gasteiger partial charge on any atom is 0.213 e. The average Bonchev–Trinajstić information content (AvgIpc) is 3.01. The first-order valence-corrected chi connectivity index (χ1v) is 6.87. The van der Waals surface area contributed by atoms with Gasteiger partial charge in [-0.15, -0.1) is 0 Å². The Morgan fingerprint density at radius 1 is 1.20 bits per heavy atom. The van der Waals surface area contributed by atoms with Crippen LogP contribution in [0.2, 0.25) is 0 Å². The predicted octanol–water partition coefficient (Wildman–Crippen LogP) is 2.95. The lowest BCUT2D eigenvalue weighted by Gasteiger charge is -2.24. The van der Waals surface area contributed by atoms with Gasteiger partial charge in [-0.05, 0) is 24.6 Å². The zero-order valence-electron chi connectivity index (χ0n) is 11.1. The van der Waals surface area contributed by atoms with Gasteiger partial charge in [0.15, 0.2) is 0 Å². The van der Waals surface area contributed by atoms with E-state index in [1.165, 1.54) is 12.3 Å². The quantitative estimate of drug-likeness (QED) is 0.929. The molecule has 1 fully saturated rings. The topological polar surface area (TPSA) is 34.1 Å². The van der Waals surface area contributed by atoms with E-state index in [2.05, 4.69) is 22.4 Å². The summed E-state index contributed by atoms with van der Waals surface area (Å²) in [5.74, 6) is 0.521. The van der Waals surface area contributed by atoms with Crippen LogP contribution < -0.4 is 10.1 Å². The van der Waals surface area contributed by atoms with Crippen LogP contribution in [0.25, 0.3) is 0 Å². The van der Waals surface area contributed by atoms with Crippen LogP contribution in [0.5, 0.6) is 5.88 Å². The van der Waals surface area contributed by atoms with E-state index in [9.17, 15) is 4.39 Å². The molecule has 20 heavy (non-hydrogen) atoms. The van der Waals surface area contributed by atoms with Crippen molar-refractivity contribution in [1.82, 2.24) is 10.3 Å². The molecule has 1 saturated heterocycles. The number of nitrogens with one attached hydrogen (secondary N) is 1. The SMILES string of the molecule is Fc1ccc(O[C@H](c2ccccc2)[C@@H]2CCNC2)nc1. The van der Waals surface area contributed by atoms with E-state index < -0.39 is 0 Å². The van der Waals surface area contributed by atoms with Crippen LogP contribution in [0.4, 0.5) is 4.39 Å². The minimum atomic E-state index is -0.351. The molecule has 0 spiro atoms.